The van der Waals surface area contributed by atoms with Gasteiger partial charge < -0.3 is 4.57 Å². The van der Waals surface area contributed by atoms with Crippen LogP contribution in [0.2, 0.25) is 0 Å². The standard InChI is InChI=1S/C53H61N5/c1-9-11-13-15-17-39-19-26-48-45(31-39)54-34-57(48)51-36(3)50(56-30-29-43-33-42(23-28-47(43)56)41-21-24-44(25-22-41)53(6,7)8)37(4)52(38(51)5)58-35-55-46-32-40(20-27-49(46)58)18-16-14-12-10-2/h19-35H,9-18H2,1-8H3. The van der Waals surface area contributed by atoms with Gasteiger partial charge in [0.25, 0.3) is 0 Å². The van der Waals surface area contributed by atoms with E-state index >= 15 is 0 Å². The largest absolute Gasteiger partial charge is 0.316 e. The van der Waals surface area contributed by atoms with Gasteiger partial charge in [-0.05, 0) is 139 Å². The van der Waals surface area contributed by atoms with E-state index in [1.807, 2.05) is 12.7 Å². The average Bonchev–Trinajstić information content (AvgIpc) is 3.95. The number of rotatable bonds is 14. The lowest BCUT2D eigenvalue weighted by Crippen LogP contribution is -2.12. The van der Waals surface area contributed by atoms with Gasteiger partial charge in [0, 0.05) is 11.6 Å². The quantitative estimate of drug-likeness (QED) is 0.103. The highest BCUT2D eigenvalue weighted by Gasteiger charge is 2.24. The summed E-state index contributed by atoms with van der Waals surface area (Å²) in [6.45, 7) is 18.2. The van der Waals surface area contributed by atoms with Crippen molar-refractivity contribution in [2.45, 2.75) is 125 Å². The van der Waals surface area contributed by atoms with Crippen LogP contribution in [-0.2, 0) is 18.3 Å². The maximum Gasteiger partial charge on any atom is 0.100 e. The van der Waals surface area contributed by atoms with E-state index in [9.17, 15) is 0 Å². The molecule has 0 N–H and O–H groups in total. The van der Waals surface area contributed by atoms with E-state index in [1.165, 1.54) is 124 Å². The summed E-state index contributed by atoms with van der Waals surface area (Å²) in [7, 11) is 0. The molecule has 5 aromatic carbocycles. The molecule has 298 valence electrons. The summed E-state index contributed by atoms with van der Waals surface area (Å²) in [5.74, 6) is 0. The van der Waals surface area contributed by atoms with Crippen molar-refractivity contribution in [3.8, 4) is 28.2 Å². The monoisotopic (exact) mass is 767 g/mol. The molecule has 0 radical (unpaired) electrons. The average molecular weight is 768 g/mol. The second-order valence-corrected chi connectivity index (χ2v) is 17.7. The van der Waals surface area contributed by atoms with E-state index in [4.69, 9.17) is 9.97 Å². The minimum Gasteiger partial charge on any atom is -0.316 e. The lowest BCUT2D eigenvalue weighted by atomic mass is 9.86. The van der Waals surface area contributed by atoms with E-state index in [2.05, 4.69) is 160 Å². The highest BCUT2D eigenvalue weighted by molar-refractivity contribution is 5.89. The minimum atomic E-state index is 0.126. The Morgan fingerprint density at radius 1 is 0.483 bits per heavy atom. The van der Waals surface area contributed by atoms with Crippen molar-refractivity contribution in [3.05, 3.63) is 137 Å². The zero-order chi connectivity index (χ0) is 40.6. The minimum absolute atomic E-state index is 0.126. The first-order valence-corrected chi connectivity index (χ1v) is 21.9. The molecule has 8 rings (SSSR count). The molecule has 0 unspecified atom stereocenters. The summed E-state index contributed by atoms with van der Waals surface area (Å²) < 4.78 is 7.05. The van der Waals surface area contributed by atoms with Gasteiger partial charge in [0.2, 0.25) is 0 Å². The Hall–Kier alpha value is -5.42. The van der Waals surface area contributed by atoms with Gasteiger partial charge in [0.15, 0.2) is 0 Å². The molecule has 0 fully saturated rings. The molecule has 0 atom stereocenters. The number of hydrogen-bond donors (Lipinski definition) is 0. The Bertz CT molecular complexity index is 2590. The van der Waals surface area contributed by atoms with Crippen molar-refractivity contribution in [1.29, 1.82) is 0 Å². The third kappa shape index (κ3) is 7.52. The summed E-state index contributed by atoms with van der Waals surface area (Å²) in [5, 5.41) is 1.22. The van der Waals surface area contributed by atoms with E-state index < -0.39 is 0 Å². The Kier molecular flexibility index (Phi) is 11.2. The molecule has 0 saturated heterocycles. The second kappa shape index (κ2) is 16.4. The van der Waals surface area contributed by atoms with Crippen LogP contribution in [0.5, 0.6) is 0 Å². The summed E-state index contributed by atoms with van der Waals surface area (Å²) in [5.41, 5.74) is 19.4. The summed E-state index contributed by atoms with van der Waals surface area (Å²) in [6, 6.07) is 32.0. The van der Waals surface area contributed by atoms with Gasteiger partial charge in [-0.1, -0.05) is 116 Å². The van der Waals surface area contributed by atoms with Crippen LogP contribution in [0.1, 0.15) is 119 Å². The second-order valence-electron chi connectivity index (χ2n) is 17.7. The summed E-state index contributed by atoms with van der Waals surface area (Å²) >= 11 is 0. The highest BCUT2D eigenvalue weighted by atomic mass is 15.1. The molecular weight excluding hydrogens is 707 g/mol. The zero-order valence-corrected chi connectivity index (χ0v) is 36.1. The Balaban J connectivity index is 1.27. The molecule has 0 amide bonds. The molecule has 0 aliphatic rings. The van der Waals surface area contributed by atoms with Crippen LogP contribution < -0.4 is 0 Å². The van der Waals surface area contributed by atoms with Gasteiger partial charge in [0.05, 0.1) is 44.6 Å². The van der Waals surface area contributed by atoms with Crippen LogP contribution in [0.25, 0.3) is 61.2 Å². The van der Waals surface area contributed by atoms with Gasteiger partial charge in [-0.3, -0.25) is 9.13 Å². The maximum atomic E-state index is 5.03. The number of hydrogen-bond acceptors (Lipinski definition) is 2. The molecule has 3 aromatic heterocycles. The third-order valence-electron chi connectivity index (χ3n) is 12.5. The molecule has 5 heteroatoms. The number of unbranched alkanes of at least 4 members (excludes halogenated alkanes) is 6. The number of imidazole rings is 2. The number of nitrogens with zero attached hydrogens (tertiary/aromatic N) is 5. The number of aryl methyl sites for hydroxylation is 2. The third-order valence-corrected chi connectivity index (χ3v) is 12.5. The first-order chi connectivity index (χ1) is 28.1. The van der Waals surface area contributed by atoms with Crippen LogP contribution >= 0.6 is 0 Å². The lowest BCUT2D eigenvalue weighted by molar-refractivity contribution is 0.590. The SMILES string of the molecule is CCCCCCc1ccc2c(c1)ncn2-c1c(C)c(-n2ccc3cc(-c4ccc(C(C)(C)C)cc4)ccc32)c(C)c(-n2cnc3cc(CCCCCC)ccc32)c1C. The number of aromatic nitrogens is 5. The molecule has 58 heavy (non-hydrogen) atoms. The van der Waals surface area contributed by atoms with Crippen LogP contribution in [-0.4, -0.2) is 23.7 Å². The zero-order valence-electron chi connectivity index (χ0n) is 36.1. The molecule has 0 bridgehead atoms. The van der Waals surface area contributed by atoms with Crippen LogP contribution in [0.15, 0.2) is 104 Å². The van der Waals surface area contributed by atoms with Crippen LogP contribution in [0.4, 0.5) is 0 Å². The Morgan fingerprint density at radius 3 is 1.47 bits per heavy atom. The molecule has 0 saturated carbocycles. The fourth-order valence-electron chi connectivity index (χ4n) is 9.24. The molecule has 5 nitrogen and oxygen atoms in total. The fraction of sp³-hybridized carbons (Fsp3) is 0.358. The topological polar surface area (TPSA) is 40.6 Å². The van der Waals surface area contributed by atoms with Crippen molar-refractivity contribution < 1.29 is 0 Å². The van der Waals surface area contributed by atoms with Crippen molar-refractivity contribution in [2.75, 3.05) is 0 Å². The van der Waals surface area contributed by atoms with E-state index in [0.29, 0.717) is 0 Å². The number of benzene rings is 5. The lowest BCUT2D eigenvalue weighted by Gasteiger charge is -2.25. The van der Waals surface area contributed by atoms with Crippen molar-refractivity contribution in [1.82, 2.24) is 23.7 Å². The van der Waals surface area contributed by atoms with Crippen molar-refractivity contribution in [3.63, 3.8) is 0 Å². The molecule has 0 spiro atoms. The van der Waals surface area contributed by atoms with Crippen molar-refractivity contribution in [2.24, 2.45) is 0 Å². The van der Waals surface area contributed by atoms with Crippen LogP contribution in [0.3, 0.4) is 0 Å². The first kappa shape index (κ1) is 39.4. The van der Waals surface area contributed by atoms with Gasteiger partial charge >= 0.3 is 0 Å². The Morgan fingerprint density at radius 2 is 0.966 bits per heavy atom. The van der Waals surface area contributed by atoms with Gasteiger partial charge in [0.1, 0.15) is 12.7 Å². The molecule has 0 aliphatic heterocycles. The van der Waals surface area contributed by atoms with E-state index in [-0.39, 0.29) is 5.41 Å². The molecule has 3 heterocycles. The van der Waals surface area contributed by atoms with Gasteiger partial charge in [-0.15, -0.1) is 0 Å². The van der Waals surface area contributed by atoms with E-state index in [1.54, 1.807) is 0 Å². The number of fused-ring (bicyclic) bond motifs is 3. The maximum absolute atomic E-state index is 5.03. The molecular formula is C53H61N5. The normalized spacial score (nSPS) is 12.1. The van der Waals surface area contributed by atoms with Gasteiger partial charge in [-0.25, -0.2) is 9.97 Å². The van der Waals surface area contributed by atoms with Gasteiger partial charge in [-0.2, -0.15) is 0 Å². The van der Waals surface area contributed by atoms with E-state index in [0.717, 1.165) is 34.9 Å². The summed E-state index contributed by atoms with van der Waals surface area (Å²) in [6.07, 6.45) is 18.6. The Labute approximate surface area is 345 Å². The molecule has 8 aromatic rings. The highest BCUT2D eigenvalue weighted by Crippen LogP contribution is 2.40. The summed E-state index contributed by atoms with van der Waals surface area (Å²) in [4.78, 5) is 10.1. The van der Waals surface area contributed by atoms with Crippen LogP contribution in [0, 0.1) is 20.8 Å². The predicted molar refractivity (Wildman–Crippen MR) is 247 cm³/mol. The smallest absolute Gasteiger partial charge is 0.100 e. The predicted octanol–water partition coefficient (Wildman–Crippen LogP) is 14.4. The fourth-order valence-corrected chi connectivity index (χ4v) is 9.24. The van der Waals surface area contributed by atoms with Crippen molar-refractivity contribution >= 4 is 33.0 Å². The first-order valence-electron chi connectivity index (χ1n) is 21.9. The molecule has 0 aliphatic carbocycles.